The molecule has 1 aliphatic rings. The average Bonchev–Trinajstić information content (AvgIpc) is 2.74. The van der Waals surface area contributed by atoms with Crippen molar-refractivity contribution in [2.75, 3.05) is 5.75 Å². The Bertz CT molecular complexity index is 492. The van der Waals surface area contributed by atoms with Crippen LogP contribution in [-0.4, -0.2) is 28.8 Å². The summed E-state index contributed by atoms with van der Waals surface area (Å²) in [4.78, 5) is 22.1. The lowest BCUT2D eigenvalue weighted by atomic mass is 10.2. The van der Waals surface area contributed by atoms with Gasteiger partial charge in [0.05, 0.1) is 5.56 Å². The maximum atomic E-state index is 13.5. The van der Waals surface area contributed by atoms with Crippen LogP contribution in [0.5, 0.6) is 0 Å². The first kappa shape index (κ1) is 12.9. The van der Waals surface area contributed by atoms with Crippen LogP contribution in [0.2, 0.25) is 0 Å². The summed E-state index contributed by atoms with van der Waals surface area (Å²) in [7, 11) is 0. The van der Waals surface area contributed by atoms with Crippen LogP contribution < -0.4 is 5.32 Å². The van der Waals surface area contributed by atoms with E-state index in [1.54, 1.807) is 0 Å². The molecule has 96 valence electrons. The molecule has 2 N–H and O–H groups in total. The summed E-state index contributed by atoms with van der Waals surface area (Å²) in [5.74, 6) is -0.952. The number of benzene rings is 1. The molecule has 6 heteroatoms. The Hall–Kier alpha value is -1.56. The highest BCUT2D eigenvalue weighted by atomic mass is 32.2. The van der Waals surface area contributed by atoms with Crippen molar-refractivity contribution in [3.63, 3.8) is 0 Å². The van der Waals surface area contributed by atoms with Crippen LogP contribution in [0, 0.1) is 5.82 Å². The van der Waals surface area contributed by atoms with Gasteiger partial charge < -0.3 is 10.4 Å². The third-order valence-electron chi connectivity index (χ3n) is 2.70. The minimum absolute atomic E-state index is 0.0142. The zero-order chi connectivity index (χ0) is 13.1. The lowest BCUT2D eigenvalue weighted by Gasteiger charge is -2.10. The molecule has 1 aromatic carbocycles. The van der Waals surface area contributed by atoms with Crippen molar-refractivity contribution in [3.8, 4) is 0 Å². The van der Waals surface area contributed by atoms with Crippen molar-refractivity contribution in [1.29, 1.82) is 0 Å². The number of carboxylic acid groups (broad SMARTS) is 1. The van der Waals surface area contributed by atoms with Gasteiger partial charge in [0.25, 0.3) is 0 Å². The molecule has 0 radical (unpaired) electrons. The molecule has 0 aromatic heterocycles. The largest absolute Gasteiger partial charge is 0.478 e. The third-order valence-corrected chi connectivity index (χ3v) is 3.90. The molecule has 0 aliphatic carbocycles. The van der Waals surface area contributed by atoms with E-state index in [2.05, 4.69) is 5.32 Å². The van der Waals surface area contributed by atoms with Crippen LogP contribution in [0.15, 0.2) is 23.1 Å². The molecule has 1 amide bonds. The van der Waals surface area contributed by atoms with Gasteiger partial charge in [-0.3, -0.25) is 4.79 Å². The lowest BCUT2D eigenvalue weighted by molar-refractivity contribution is -0.119. The Morgan fingerprint density at radius 3 is 2.94 bits per heavy atom. The summed E-state index contributed by atoms with van der Waals surface area (Å²) in [6, 6.07) is 3.74. The monoisotopic (exact) mass is 269 g/mol. The van der Waals surface area contributed by atoms with Gasteiger partial charge in [-0.15, -0.1) is 11.8 Å². The quantitative estimate of drug-likeness (QED) is 0.819. The predicted molar refractivity (Wildman–Crippen MR) is 65.2 cm³/mol. The van der Waals surface area contributed by atoms with Crippen molar-refractivity contribution in [3.05, 3.63) is 29.6 Å². The Kier molecular flexibility index (Phi) is 3.86. The van der Waals surface area contributed by atoms with E-state index in [0.717, 1.165) is 12.5 Å². The minimum atomic E-state index is -1.08. The molecule has 0 spiro atoms. The van der Waals surface area contributed by atoms with E-state index >= 15 is 0 Å². The highest BCUT2D eigenvalue weighted by molar-refractivity contribution is 7.99. The second-order valence-electron chi connectivity index (χ2n) is 4.06. The zero-order valence-electron chi connectivity index (χ0n) is 9.48. The molecule has 18 heavy (non-hydrogen) atoms. The van der Waals surface area contributed by atoms with Crippen LogP contribution >= 0.6 is 11.8 Å². The number of hydrogen-bond donors (Lipinski definition) is 2. The maximum absolute atomic E-state index is 13.5. The summed E-state index contributed by atoms with van der Waals surface area (Å²) in [5, 5.41) is 11.6. The summed E-state index contributed by atoms with van der Waals surface area (Å²) in [5.41, 5.74) is 0.0642. The first-order valence-corrected chi connectivity index (χ1v) is 6.50. The van der Waals surface area contributed by atoms with Crippen LogP contribution in [0.3, 0.4) is 0 Å². The Morgan fingerprint density at radius 1 is 1.56 bits per heavy atom. The standard InChI is InChI=1S/C12H12FNO3S/c13-9-3-1-7(12(16)17)5-10(9)18-6-8-2-4-11(15)14-8/h1,3,5,8H,2,4,6H2,(H,14,15)(H,16,17). The van der Waals surface area contributed by atoms with E-state index in [-0.39, 0.29) is 17.5 Å². The third kappa shape index (κ3) is 3.01. The van der Waals surface area contributed by atoms with Crippen LogP contribution in [-0.2, 0) is 4.79 Å². The average molecular weight is 269 g/mol. The minimum Gasteiger partial charge on any atom is -0.478 e. The lowest BCUT2D eigenvalue weighted by Crippen LogP contribution is -2.27. The fraction of sp³-hybridized carbons (Fsp3) is 0.333. The van der Waals surface area contributed by atoms with Crippen molar-refractivity contribution in [2.45, 2.75) is 23.8 Å². The van der Waals surface area contributed by atoms with Crippen molar-refractivity contribution in [1.82, 2.24) is 5.32 Å². The van der Waals surface area contributed by atoms with Crippen LogP contribution in [0.1, 0.15) is 23.2 Å². The van der Waals surface area contributed by atoms with Crippen LogP contribution in [0.4, 0.5) is 4.39 Å². The van der Waals surface area contributed by atoms with Gasteiger partial charge in [0.1, 0.15) is 5.82 Å². The molecule has 1 aliphatic heterocycles. The number of carbonyl (C=O) groups excluding carboxylic acids is 1. The molecule has 1 fully saturated rings. The number of hydrogen-bond acceptors (Lipinski definition) is 3. The summed E-state index contributed by atoms with van der Waals surface area (Å²) in [6.07, 6.45) is 1.24. The summed E-state index contributed by atoms with van der Waals surface area (Å²) in [6.45, 7) is 0. The predicted octanol–water partition coefficient (Wildman–Crippen LogP) is 1.89. The molecule has 1 atom stereocenters. The SMILES string of the molecule is O=C1CCC(CSc2cc(C(=O)O)ccc2F)N1. The van der Waals surface area contributed by atoms with Crippen molar-refractivity contribution >= 4 is 23.6 Å². The smallest absolute Gasteiger partial charge is 0.335 e. The molecule has 2 rings (SSSR count). The number of amides is 1. The molecular weight excluding hydrogens is 257 g/mol. The fourth-order valence-electron chi connectivity index (χ4n) is 1.74. The van der Waals surface area contributed by atoms with Crippen molar-refractivity contribution in [2.24, 2.45) is 0 Å². The number of thioether (sulfide) groups is 1. The molecular formula is C12H12FNO3S. The first-order chi connectivity index (χ1) is 8.56. The summed E-state index contributed by atoms with van der Waals surface area (Å²) < 4.78 is 13.5. The maximum Gasteiger partial charge on any atom is 0.335 e. The molecule has 4 nitrogen and oxygen atoms in total. The highest BCUT2D eigenvalue weighted by Crippen LogP contribution is 2.25. The Balaban J connectivity index is 2.02. The van der Waals surface area contributed by atoms with Gasteiger partial charge in [0, 0.05) is 23.1 Å². The van der Waals surface area contributed by atoms with E-state index in [0.29, 0.717) is 17.1 Å². The van der Waals surface area contributed by atoms with E-state index in [4.69, 9.17) is 5.11 Å². The van der Waals surface area contributed by atoms with E-state index < -0.39 is 11.8 Å². The Labute approximate surface area is 108 Å². The van der Waals surface area contributed by atoms with E-state index in [1.807, 2.05) is 0 Å². The molecule has 1 unspecified atom stereocenters. The second kappa shape index (κ2) is 5.39. The van der Waals surface area contributed by atoms with Crippen LogP contribution in [0.25, 0.3) is 0 Å². The topological polar surface area (TPSA) is 66.4 Å². The Morgan fingerprint density at radius 2 is 2.33 bits per heavy atom. The zero-order valence-corrected chi connectivity index (χ0v) is 10.3. The highest BCUT2D eigenvalue weighted by Gasteiger charge is 2.21. The van der Waals surface area contributed by atoms with Gasteiger partial charge in [0.2, 0.25) is 5.91 Å². The molecule has 0 saturated carbocycles. The van der Waals surface area contributed by atoms with Gasteiger partial charge >= 0.3 is 5.97 Å². The summed E-state index contributed by atoms with van der Waals surface area (Å²) >= 11 is 1.22. The molecule has 0 bridgehead atoms. The van der Waals surface area contributed by atoms with Gasteiger partial charge in [0.15, 0.2) is 0 Å². The van der Waals surface area contributed by atoms with Gasteiger partial charge in [-0.25, -0.2) is 9.18 Å². The van der Waals surface area contributed by atoms with Crippen molar-refractivity contribution < 1.29 is 19.1 Å². The van der Waals surface area contributed by atoms with E-state index in [1.165, 1.54) is 23.9 Å². The first-order valence-electron chi connectivity index (χ1n) is 5.51. The molecule has 1 heterocycles. The number of halogens is 1. The van der Waals surface area contributed by atoms with Gasteiger partial charge in [-0.1, -0.05) is 0 Å². The fourth-order valence-corrected chi connectivity index (χ4v) is 2.79. The number of aromatic carboxylic acids is 1. The second-order valence-corrected chi connectivity index (χ2v) is 5.13. The number of carboxylic acids is 1. The number of rotatable bonds is 4. The molecule has 1 saturated heterocycles. The van der Waals surface area contributed by atoms with Gasteiger partial charge in [-0.2, -0.15) is 0 Å². The number of carbonyl (C=O) groups is 2. The normalized spacial score (nSPS) is 18.7. The number of nitrogens with one attached hydrogen (secondary N) is 1. The van der Waals surface area contributed by atoms with Gasteiger partial charge in [-0.05, 0) is 24.6 Å². The van der Waals surface area contributed by atoms with E-state index in [9.17, 15) is 14.0 Å². The molecule has 1 aromatic rings.